The van der Waals surface area contributed by atoms with E-state index in [9.17, 15) is 9.90 Å². The SMILES string of the molecule is O=C(NCC(O)CO)c1ccc(Cl)cc1O. The summed E-state index contributed by atoms with van der Waals surface area (Å²) in [7, 11) is 0. The molecular weight excluding hydrogens is 234 g/mol. The van der Waals surface area contributed by atoms with Gasteiger partial charge in [0.2, 0.25) is 0 Å². The van der Waals surface area contributed by atoms with Crippen LogP contribution in [0.25, 0.3) is 0 Å². The topological polar surface area (TPSA) is 89.8 Å². The number of hydrogen-bond donors (Lipinski definition) is 4. The van der Waals surface area contributed by atoms with E-state index in [0.717, 1.165) is 0 Å². The summed E-state index contributed by atoms with van der Waals surface area (Å²) in [5.41, 5.74) is 0.0644. The second kappa shape index (κ2) is 5.69. The lowest BCUT2D eigenvalue weighted by Crippen LogP contribution is -2.33. The van der Waals surface area contributed by atoms with Gasteiger partial charge in [-0.1, -0.05) is 11.6 Å². The van der Waals surface area contributed by atoms with Crippen LogP contribution in [0.5, 0.6) is 5.75 Å². The number of aliphatic hydroxyl groups is 2. The van der Waals surface area contributed by atoms with Gasteiger partial charge in [0.25, 0.3) is 5.91 Å². The summed E-state index contributed by atoms with van der Waals surface area (Å²) < 4.78 is 0. The Morgan fingerprint density at radius 1 is 1.50 bits per heavy atom. The molecule has 0 saturated carbocycles. The second-order valence-electron chi connectivity index (χ2n) is 3.21. The molecule has 0 saturated heterocycles. The number of amides is 1. The predicted molar refractivity (Wildman–Crippen MR) is 58.5 cm³/mol. The summed E-state index contributed by atoms with van der Waals surface area (Å²) >= 11 is 5.61. The second-order valence-corrected chi connectivity index (χ2v) is 3.64. The number of rotatable bonds is 4. The Morgan fingerprint density at radius 3 is 2.75 bits per heavy atom. The molecule has 5 nitrogen and oxygen atoms in total. The maximum atomic E-state index is 11.5. The molecule has 1 aromatic rings. The molecular formula is C10H12ClNO4. The standard InChI is InChI=1S/C10H12ClNO4/c11-6-1-2-8(9(15)3-6)10(16)12-4-7(14)5-13/h1-3,7,13-15H,4-5H2,(H,12,16). The van der Waals surface area contributed by atoms with Crippen molar-refractivity contribution < 1.29 is 20.1 Å². The Morgan fingerprint density at radius 2 is 2.19 bits per heavy atom. The molecule has 1 aromatic carbocycles. The number of halogens is 1. The first-order valence-electron chi connectivity index (χ1n) is 4.60. The van der Waals surface area contributed by atoms with Crippen LogP contribution < -0.4 is 5.32 Å². The summed E-state index contributed by atoms with van der Waals surface area (Å²) in [6.07, 6.45) is -1.02. The summed E-state index contributed by atoms with van der Waals surface area (Å²) in [4.78, 5) is 11.5. The third-order valence-electron chi connectivity index (χ3n) is 1.91. The quantitative estimate of drug-likeness (QED) is 0.607. The third-order valence-corrected chi connectivity index (χ3v) is 2.15. The van der Waals surface area contributed by atoms with Crippen molar-refractivity contribution in [1.82, 2.24) is 5.32 Å². The highest BCUT2D eigenvalue weighted by Gasteiger charge is 2.12. The normalized spacial score (nSPS) is 12.2. The Hall–Kier alpha value is -1.30. The van der Waals surface area contributed by atoms with Crippen LogP contribution in [0.1, 0.15) is 10.4 Å². The summed E-state index contributed by atoms with van der Waals surface area (Å²) in [6, 6.07) is 4.09. The van der Waals surface area contributed by atoms with Crippen LogP contribution in [-0.2, 0) is 0 Å². The highest BCUT2D eigenvalue weighted by molar-refractivity contribution is 6.30. The molecule has 1 atom stereocenters. The summed E-state index contributed by atoms with van der Waals surface area (Å²) in [5.74, 6) is -0.773. The van der Waals surface area contributed by atoms with Crippen molar-refractivity contribution in [3.8, 4) is 5.75 Å². The van der Waals surface area contributed by atoms with Gasteiger partial charge in [0.15, 0.2) is 0 Å². The maximum Gasteiger partial charge on any atom is 0.255 e. The molecule has 1 rings (SSSR count). The monoisotopic (exact) mass is 245 g/mol. The first-order valence-corrected chi connectivity index (χ1v) is 4.98. The number of benzene rings is 1. The number of phenolic OH excluding ortho intramolecular Hbond substituents is 1. The molecule has 0 aliphatic heterocycles. The van der Waals surface area contributed by atoms with E-state index >= 15 is 0 Å². The lowest BCUT2D eigenvalue weighted by Gasteiger charge is -2.09. The summed E-state index contributed by atoms with van der Waals surface area (Å²) in [6.45, 7) is -0.524. The van der Waals surface area contributed by atoms with Gasteiger partial charge in [0.1, 0.15) is 5.75 Å². The third kappa shape index (κ3) is 3.37. The minimum absolute atomic E-state index is 0.0644. The van der Waals surface area contributed by atoms with Gasteiger partial charge in [0.05, 0.1) is 18.3 Å². The molecule has 0 aliphatic carbocycles. The fourth-order valence-corrected chi connectivity index (χ4v) is 1.23. The molecule has 0 bridgehead atoms. The molecule has 0 aliphatic rings. The van der Waals surface area contributed by atoms with Gasteiger partial charge in [-0.15, -0.1) is 0 Å². The van der Waals surface area contributed by atoms with E-state index in [1.807, 2.05) is 0 Å². The fraction of sp³-hybridized carbons (Fsp3) is 0.300. The van der Waals surface area contributed by atoms with Crippen LogP contribution in [0.3, 0.4) is 0 Å². The van der Waals surface area contributed by atoms with Gasteiger partial charge in [-0.3, -0.25) is 4.79 Å². The maximum absolute atomic E-state index is 11.5. The predicted octanol–water partition coefficient (Wildman–Crippen LogP) is 0.129. The van der Waals surface area contributed by atoms with Crippen molar-refractivity contribution >= 4 is 17.5 Å². The number of nitrogens with one attached hydrogen (secondary N) is 1. The zero-order valence-corrected chi connectivity index (χ0v) is 9.11. The number of phenols is 1. The highest BCUT2D eigenvalue weighted by atomic mass is 35.5. The molecule has 0 fully saturated rings. The van der Waals surface area contributed by atoms with Crippen LogP contribution in [0.4, 0.5) is 0 Å². The van der Waals surface area contributed by atoms with Crippen molar-refractivity contribution in [1.29, 1.82) is 0 Å². The Bertz CT molecular complexity index is 383. The van der Waals surface area contributed by atoms with Crippen molar-refractivity contribution in [3.05, 3.63) is 28.8 Å². The first kappa shape index (κ1) is 12.8. The van der Waals surface area contributed by atoms with E-state index in [-0.39, 0.29) is 17.9 Å². The van der Waals surface area contributed by atoms with E-state index < -0.39 is 18.6 Å². The van der Waals surface area contributed by atoms with Crippen molar-refractivity contribution in [2.24, 2.45) is 0 Å². The van der Waals surface area contributed by atoms with Gasteiger partial charge in [-0.25, -0.2) is 0 Å². The molecule has 16 heavy (non-hydrogen) atoms. The zero-order chi connectivity index (χ0) is 12.1. The number of aliphatic hydroxyl groups excluding tert-OH is 2. The molecule has 0 radical (unpaired) electrons. The number of aromatic hydroxyl groups is 1. The number of hydrogen-bond acceptors (Lipinski definition) is 4. The van der Waals surface area contributed by atoms with Gasteiger partial charge in [-0.05, 0) is 18.2 Å². The van der Waals surface area contributed by atoms with Gasteiger partial charge < -0.3 is 20.6 Å². The van der Waals surface area contributed by atoms with E-state index in [2.05, 4.69) is 5.32 Å². The number of carbonyl (C=O) groups excluding carboxylic acids is 1. The van der Waals surface area contributed by atoms with Crippen LogP contribution in [0, 0.1) is 0 Å². The van der Waals surface area contributed by atoms with Crippen LogP contribution in [-0.4, -0.2) is 40.5 Å². The minimum Gasteiger partial charge on any atom is -0.507 e. The van der Waals surface area contributed by atoms with E-state index in [1.54, 1.807) is 0 Å². The van der Waals surface area contributed by atoms with E-state index in [0.29, 0.717) is 5.02 Å². The molecule has 0 aromatic heterocycles. The molecule has 88 valence electrons. The smallest absolute Gasteiger partial charge is 0.255 e. The highest BCUT2D eigenvalue weighted by Crippen LogP contribution is 2.21. The molecule has 0 heterocycles. The van der Waals surface area contributed by atoms with E-state index in [1.165, 1.54) is 18.2 Å². The van der Waals surface area contributed by atoms with E-state index in [4.69, 9.17) is 21.8 Å². The first-order chi connectivity index (χ1) is 7.54. The van der Waals surface area contributed by atoms with Gasteiger partial charge in [-0.2, -0.15) is 0 Å². The van der Waals surface area contributed by atoms with Crippen molar-refractivity contribution in [2.45, 2.75) is 6.10 Å². The van der Waals surface area contributed by atoms with Gasteiger partial charge >= 0.3 is 0 Å². The largest absolute Gasteiger partial charge is 0.507 e. The van der Waals surface area contributed by atoms with Gasteiger partial charge in [0, 0.05) is 11.6 Å². The fourth-order valence-electron chi connectivity index (χ4n) is 1.07. The van der Waals surface area contributed by atoms with Crippen LogP contribution in [0.2, 0.25) is 5.02 Å². The molecule has 6 heteroatoms. The Labute approximate surface area is 97.3 Å². The minimum atomic E-state index is -1.02. The van der Waals surface area contributed by atoms with Crippen LogP contribution in [0.15, 0.2) is 18.2 Å². The Balaban J connectivity index is 2.66. The lowest BCUT2D eigenvalue weighted by atomic mass is 10.2. The zero-order valence-electron chi connectivity index (χ0n) is 8.35. The average molecular weight is 246 g/mol. The summed E-state index contributed by atoms with van der Waals surface area (Å²) in [5, 5.41) is 29.7. The van der Waals surface area contributed by atoms with Crippen molar-refractivity contribution in [2.75, 3.05) is 13.2 Å². The molecule has 1 amide bonds. The van der Waals surface area contributed by atoms with Crippen LogP contribution >= 0.6 is 11.6 Å². The lowest BCUT2D eigenvalue weighted by molar-refractivity contribution is 0.0800. The number of carbonyl (C=O) groups is 1. The van der Waals surface area contributed by atoms with Crippen molar-refractivity contribution in [3.63, 3.8) is 0 Å². The molecule has 0 spiro atoms. The average Bonchev–Trinajstić information content (AvgIpc) is 2.25. The molecule has 4 N–H and O–H groups in total. The molecule has 1 unspecified atom stereocenters. The Kier molecular flexibility index (Phi) is 4.54.